The van der Waals surface area contributed by atoms with Crippen molar-refractivity contribution in [2.75, 3.05) is 23.7 Å². The minimum absolute atomic E-state index is 0.0353. The van der Waals surface area contributed by atoms with E-state index in [0.29, 0.717) is 51.8 Å². The van der Waals surface area contributed by atoms with Crippen LogP contribution in [-0.4, -0.2) is 97.1 Å². The number of rotatable bonds is 15. The van der Waals surface area contributed by atoms with Crippen LogP contribution in [-0.2, 0) is 51.3 Å². The number of carbonyl (C=O) groups is 1. The smallest absolute Gasteiger partial charge is 0.337 e. The van der Waals surface area contributed by atoms with Gasteiger partial charge in [-0.25, -0.2) is 13.2 Å². The van der Waals surface area contributed by atoms with Gasteiger partial charge in [-0.15, -0.1) is 0 Å². The number of carboxylic acids is 1. The van der Waals surface area contributed by atoms with Gasteiger partial charge in [0, 0.05) is 70.4 Å². The van der Waals surface area contributed by atoms with Crippen LogP contribution in [0.1, 0.15) is 86.6 Å². The Kier molecular flexibility index (Phi) is 13.1. The van der Waals surface area contributed by atoms with Crippen LogP contribution in [0.3, 0.4) is 0 Å². The largest absolute Gasteiger partial charge is 0.748 e. The molecule has 0 saturated carbocycles. The van der Waals surface area contributed by atoms with E-state index >= 15 is 0 Å². The molecule has 7 rings (SSSR count). The number of hydrogen-bond donors (Lipinski definition) is 4. The Morgan fingerprint density at radius 1 is 0.779 bits per heavy atom. The van der Waals surface area contributed by atoms with Gasteiger partial charge in [-0.1, -0.05) is 39.3 Å². The molecule has 68 heavy (non-hydrogen) atoms. The van der Waals surface area contributed by atoms with E-state index in [4.69, 9.17) is 0 Å². The molecule has 4 aromatic carbocycles. The molecule has 5 aromatic rings. The van der Waals surface area contributed by atoms with Crippen molar-refractivity contribution in [2.45, 2.75) is 86.3 Å². The van der Waals surface area contributed by atoms with Crippen LogP contribution in [0.25, 0.3) is 27.1 Å². The van der Waals surface area contributed by atoms with E-state index in [-0.39, 0.29) is 34.2 Å². The molecule has 0 atom stereocenters. The van der Waals surface area contributed by atoms with Crippen LogP contribution in [0.2, 0.25) is 0 Å². The number of unbranched alkanes of at least 4 members (excludes halogenated alkanes) is 1. The number of aromatic carboxylic acids is 1. The summed E-state index contributed by atoms with van der Waals surface area (Å²) in [7, 11) is -19.3. The van der Waals surface area contributed by atoms with Crippen LogP contribution < -0.4 is 4.90 Å². The third-order valence-electron chi connectivity index (χ3n) is 12.6. The molecule has 1 aromatic heterocycles. The van der Waals surface area contributed by atoms with Crippen molar-refractivity contribution in [1.82, 2.24) is 4.98 Å². The molecule has 0 aliphatic carbocycles. The van der Waals surface area contributed by atoms with Crippen LogP contribution >= 0.6 is 0 Å². The molecular formula is C47H49N3O14S4. The SMILES string of the molecule is CCCC[N+]1=C(/C=C/C(=C/C=C2/N(CCCS(=O)(=O)[O-])c3ccc4c(S(=O)(=O)O)cc(S(=O)(=O)O)cc4c3C2(C)C)c2ccc(C(=O)O)cn2)C(C)(C)c2c1ccc1c(C)cc(S(=O)(=O)O)cc21. The van der Waals surface area contributed by atoms with Gasteiger partial charge in [0.1, 0.15) is 11.4 Å². The highest BCUT2D eigenvalue weighted by molar-refractivity contribution is 7.87. The standard InChI is InChI=1S/C47H49N3O14S4/c1-7-8-20-49-38-16-13-33-28(2)23-31(66(56,57)58)24-35(33)43(38)46(3,4)41(49)18-11-29(37-15-10-30(27-48-37)45(51)52)12-19-42-47(5,6)44-36-25-32(67(59,60)61)26-40(68(62,63)64)34(36)14-17-39(44)50(42)21-9-22-65(53,54)55/h10-19,23-27H,7-9,20-22H2,1-6H3,(H4-,51,52,53,54,55,56,57,58,59,60,61,62,63,64). The first kappa shape index (κ1) is 50.2. The van der Waals surface area contributed by atoms with E-state index in [2.05, 4.69) is 16.5 Å². The second-order valence-electron chi connectivity index (χ2n) is 17.8. The predicted molar refractivity (Wildman–Crippen MR) is 256 cm³/mol. The molecule has 360 valence electrons. The molecule has 0 fully saturated rings. The molecule has 2 aliphatic heterocycles. The number of allylic oxidation sites excluding steroid dienone is 6. The van der Waals surface area contributed by atoms with Gasteiger partial charge in [-0.3, -0.25) is 18.6 Å². The summed E-state index contributed by atoms with van der Waals surface area (Å²) in [5, 5.41) is 11.1. The van der Waals surface area contributed by atoms with Gasteiger partial charge < -0.3 is 14.6 Å². The van der Waals surface area contributed by atoms with Crippen molar-refractivity contribution in [2.24, 2.45) is 0 Å². The Bertz CT molecular complexity index is 3560. The molecule has 3 heterocycles. The number of aryl methyl sites for hydroxylation is 1. The number of nitrogens with zero attached hydrogens (tertiary/aromatic N) is 3. The maximum Gasteiger partial charge on any atom is 0.337 e. The van der Waals surface area contributed by atoms with Crippen molar-refractivity contribution in [3.05, 3.63) is 125 Å². The van der Waals surface area contributed by atoms with Crippen molar-refractivity contribution < 1.29 is 66.4 Å². The van der Waals surface area contributed by atoms with Crippen molar-refractivity contribution >= 4 is 90.6 Å². The van der Waals surface area contributed by atoms with E-state index in [0.717, 1.165) is 41.3 Å². The fourth-order valence-corrected chi connectivity index (χ4v) is 11.9. The van der Waals surface area contributed by atoms with Gasteiger partial charge in [0.15, 0.2) is 5.71 Å². The van der Waals surface area contributed by atoms with Gasteiger partial charge in [0.25, 0.3) is 30.4 Å². The molecular weight excluding hydrogens is 959 g/mol. The molecule has 0 radical (unpaired) electrons. The summed E-state index contributed by atoms with van der Waals surface area (Å²) in [5.41, 5.74) is 3.07. The predicted octanol–water partition coefficient (Wildman–Crippen LogP) is 7.57. The second-order valence-corrected chi connectivity index (χ2v) is 23.6. The Morgan fingerprint density at radius 2 is 1.41 bits per heavy atom. The minimum Gasteiger partial charge on any atom is -0.748 e. The lowest BCUT2D eigenvalue weighted by Crippen LogP contribution is -2.28. The van der Waals surface area contributed by atoms with Gasteiger partial charge in [-0.05, 0) is 115 Å². The highest BCUT2D eigenvalue weighted by Crippen LogP contribution is 2.52. The molecule has 0 spiro atoms. The van der Waals surface area contributed by atoms with E-state index in [1.165, 1.54) is 42.6 Å². The third kappa shape index (κ3) is 9.53. The van der Waals surface area contributed by atoms with E-state index in [9.17, 15) is 61.8 Å². The normalized spacial score (nSPS) is 16.9. The van der Waals surface area contributed by atoms with Crippen molar-refractivity contribution in [1.29, 1.82) is 0 Å². The van der Waals surface area contributed by atoms with Crippen LogP contribution in [0.15, 0.2) is 112 Å². The average molecular weight is 1010 g/mol. The van der Waals surface area contributed by atoms with Crippen LogP contribution in [0.4, 0.5) is 11.4 Å². The lowest BCUT2D eigenvalue weighted by Gasteiger charge is -2.27. The van der Waals surface area contributed by atoms with Gasteiger partial charge in [-0.2, -0.15) is 29.8 Å². The van der Waals surface area contributed by atoms with Gasteiger partial charge in [0.05, 0.1) is 36.6 Å². The molecule has 4 N–H and O–H groups in total. The van der Waals surface area contributed by atoms with E-state index in [1.807, 2.05) is 32.1 Å². The summed E-state index contributed by atoms with van der Waals surface area (Å²) < 4.78 is 143. The summed E-state index contributed by atoms with van der Waals surface area (Å²) in [4.78, 5) is 16.3. The molecule has 21 heteroatoms. The number of carboxylic acid groups (broad SMARTS) is 1. The zero-order valence-electron chi connectivity index (χ0n) is 37.7. The first-order valence-corrected chi connectivity index (χ1v) is 27.1. The maximum atomic E-state index is 12.7. The van der Waals surface area contributed by atoms with Crippen LogP contribution in [0, 0.1) is 6.92 Å². The Labute approximate surface area is 394 Å². The Morgan fingerprint density at radius 3 is 1.99 bits per heavy atom. The number of fused-ring (bicyclic) bond motifs is 6. The third-order valence-corrected chi connectivity index (χ3v) is 15.9. The maximum absolute atomic E-state index is 12.7. The first-order chi connectivity index (χ1) is 31.5. The quantitative estimate of drug-likeness (QED) is 0.0447. The number of pyridine rings is 1. The first-order valence-electron chi connectivity index (χ1n) is 21.2. The minimum atomic E-state index is -5.06. The average Bonchev–Trinajstić information content (AvgIpc) is 3.59. The Hall–Kier alpha value is -5.65. The fourth-order valence-electron chi connectivity index (χ4n) is 9.45. The molecule has 17 nitrogen and oxygen atoms in total. The summed E-state index contributed by atoms with van der Waals surface area (Å²) in [6.07, 6.45) is 9.74. The summed E-state index contributed by atoms with van der Waals surface area (Å²) in [6, 6.07) is 14.3. The van der Waals surface area contributed by atoms with Crippen molar-refractivity contribution in [3.63, 3.8) is 0 Å². The lowest BCUT2D eigenvalue weighted by atomic mass is 9.78. The summed E-state index contributed by atoms with van der Waals surface area (Å²) in [6.45, 7) is 11.8. The number of anilines is 1. The van der Waals surface area contributed by atoms with E-state index < -0.39 is 72.8 Å². The zero-order valence-corrected chi connectivity index (χ0v) is 41.0. The van der Waals surface area contributed by atoms with Crippen LogP contribution in [0.5, 0.6) is 0 Å². The molecule has 0 unspecified atom stereocenters. The van der Waals surface area contributed by atoms with E-state index in [1.54, 1.807) is 43.9 Å². The molecule has 0 saturated heterocycles. The number of aromatic nitrogens is 1. The molecule has 0 amide bonds. The van der Waals surface area contributed by atoms with Gasteiger partial charge >= 0.3 is 5.97 Å². The Balaban J connectivity index is 1.46. The van der Waals surface area contributed by atoms with Gasteiger partial charge in [0.2, 0.25) is 5.69 Å². The monoisotopic (exact) mass is 1010 g/mol. The number of hydrogen-bond acceptors (Lipinski definition) is 12. The summed E-state index contributed by atoms with van der Waals surface area (Å²) >= 11 is 0. The molecule has 0 bridgehead atoms. The fraction of sp³-hybridized carbons (Fsp3) is 0.298. The number of benzene rings is 4. The highest BCUT2D eigenvalue weighted by atomic mass is 32.2. The topological polar surface area (TPSA) is 277 Å². The summed E-state index contributed by atoms with van der Waals surface area (Å²) in [5.74, 6) is -1.94. The lowest BCUT2D eigenvalue weighted by molar-refractivity contribution is -0.438. The molecule has 2 aliphatic rings. The second kappa shape index (κ2) is 17.7. The van der Waals surface area contributed by atoms with Crippen molar-refractivity contribution in [3.8, 4) is 0 Å². The zero-order chi connectivity index (χ0) is 50.1. The highest BCUT2D eigenvalue weighted by Gasteiger charge is 2.46.